The molecule has 0 aliphatic carbocycles. The van der Waals surface area contributed by atoms with Gasteiger partial charge in [-0.2, -0.15) is 13.2 Å². The van der Waals surface area contributed by atoms with Crippen LogP contribution in [-0.2, 0) is 9.59 Å². The van der Waals surface area contributed by atoms with E-state index in [1.165, 1.54) is 6.42 Å². The molecule has 0 aromatic heterocycles. The Hall–Kier alpha value is -2.53. The summed E-state index contributed by atoms with van der Waals surface area (Å²) in [5.41, 5.74) is 0.357. The Morgan fingerprint density at radius 3 is 2.43 bits per heavy atom. The number of likely N-dealkylation sites (tertiary alicyclic amines) is 2. The lowest BCUT2D eigenvalue weighted by molar-refractivity contribution is -0.192. The van der Waals surface area contributed by atoms with Crippen LogP contribution in [0.3, 0.4) is 0 Å². The molecule has 12 heteroatoms. The molecule has 37 heavy (non-hydrogen) atoms. The second-order valence-electron chi connectivity index (χ2n) is 9.89. The monoisotopic (exact) mass is 547 g/mol. The molecule has 0 saturated carbocycles. The van der Waals surface area contributed by atoms with E-state index >= 15 is 0 Å². The van der Waals surface area contributed by atoms with Gasteiger partial charge in [-0.1, -0.05) is 24.9 Å². The number of carbonyl (C=O) groups excluding carboxylic acids is 2. The maximum absolute atomic E-state index is 13.1. The van der Waals surface area contributed by atoms with Gasteiger partial charge in [0.2, 0.25) is 5.91 Å². The zero-order chi connectivity index (χ0) is 27.5. The van der Waals surface area contributed by atoms with Crippen LogP contribution >= 0.6 is 11.6 Å². The second kappa shape index (κ2) is 11.5. The van der Waals surface area contributed by atoms with Crippen molar-refractivity contribution in [1.29, 1.82) is 0 Å². The Kier molecular flexibility index (Phi) is 9.00. The number of aliphatic carboxylic acids is 1. The number of alkyl halides is 3. The van der Waals surface area contributed by atoms with Crippen molar-refractivity contribution < 1.29 is 37.4 Å². The van der Waals surface area contributed by atoms with Crippen molar-refractivity contribution >= 4 is 29.4 Å². The molecule has 3 aliphatic rings. The van der Waals surface area contributed by atoms with Crippen LogP contribution in [0.15, 0.2) is 18.2 Å². The SMILES string of the molecule is CCCC(C)N1C[C@H]2C(=O)NC3(CCN(C(=O)c4ccc(Cl)cc4OC)CC3)[C@H]2C1.O=C(O)C(F)(F)F. The smallest absolute Gasteiger partial charge is 0.490 e. The van der Waals surface area contributed by atoms with Crippen LogP contribution in [0.1, 0.15) is 49.9 Å². The second-order valence-corrected chi connectivity index (χ2v) is 10.3. The summed E-state index contributed by atoms with van der Waals surface area (Å²) in [6, 6.07) is 5.64. The number of nitrogens with one attached hydrogen (secondary N) is 1. The molecule has 3 atom stereocenters. The standard InChI is InChI=1S/C23H32ClN3O3.C2HF3O2/c1-4-5-15(2)27-13-18-19(14-27)23(25-21(18)28)8-10-26(11-9-23)22(29)17-7-6-16(24)12-20(17)30-3;3-2(4,5)1(6)7/h6-7,12,15,18-19H,4-5,8-11,13-14H2,1-3H3,(H,25,28);(H,6,7)/t15?,18-,19+;/m1./s1. The zero-order valence-electron chi connectivity index (χ0n) is 21.1. The maximum Gasteiger partial charge on any atom is 0.490 e. The van der Waals surface area contributed by atoms with E-state index in [0.29, 0.717) is 41.4 Å². The van der Waals surface area contributed by atoms with Crippen molar-refractivity contribution in [3.63, 3.8) is 0 Å². The molecule has 0 radical (unpaired) electrons. The first kappa shape index (κ1) is 29.0. The Morgan fingerprint density at radius 1 is 1.27 bits per heavy atom. The van der Waals surface area contributed by atoms with Crippen molar-refractivity contribution in [2.75, 3.05) is 33.3 Å². The van der Waals surface area contributed by atoms with E-state index in [4.69, 9.17) is 26.2 Å². The first-order chi connectivity index (χ1) is 17.3. The molecule has 1 unspecified atom stereocenters. The van der Waals surface area contributed by atoms with Crippen LogP contribution < -0.4 is 10.1 Å². The van der Waals surface area contributed by atoms with Gasteiger partial charge < -0.3 is 20.1 Å². The van der Waals surface area contributed by atoms with Crippen LogP contribution in [0.5, 0.6) is 5.75 Å². The number of carboxylic acids is 1. The van der Waals surface area contributed by atoms with Gasteiger partial charge in [0, 0.05) is 48.7 Å². The minimum absolute atomic E-state index is 0.0381. The normalized spacial score (nSPS) is 23.6. The van der Waals surface area contributed by atoms with Gasteiger partial charge in [0.1, 0.15) is 5.75 Å². The van der Waals surface area contributed by atoms with Gasteiger partial charge >= 0.3 is 12.1 Å². The van der Waals surface area contributed by atoms with Crippen molar-refractivity contribution in [1.82, 2.24) is 15.1 Å². The highest BCUT2D eigenvalue weighted by atomic mass is 35.5. The molecule has 3 aliphatic heterocycles. The topological polar surface area (TPSA) is 99.2 Å². The zero-order valence-corrected chi connectivity index (χ0v) is 21.9. The fourth-order valence-corrected chi connectivity index (χ4v) is 5.83. The first-order valence-electron chi connectivity index (χ1n) is 12.3. The number of carbonyl (C=O) groups is 3. The predicted octanol–water partition coefficient (Wildman–Crippen LogP) is 3.82. The molecule has 2 amide bonds. The van der Waals surface area contributed by atoms with E-state index in [-0.39, 0.29) is 23.3 Å². The van der Waals surface area contributed by atoms with Crippen LogP contribution in [-0.4, -0.2) is 83.7 Å². The van der Waals surface area contributed by atoms with E-state index in [2.05, 4.69) is 24.1 Å². The van der Waals surface area contributed by atoms with Crippen molar-refractivity contribution in [3.8, 4) is 5.75 Å². The molecule has 3 fully saturated rings. The van der Waals surface area contributed by atoms with Crippen molar-refractivity contribution in [3.05, 3.63) is 28.8 Å². The Balaban J connectivity index is 0.000000479. The number of amides is 2. The highest BCUT2D eigenvalue weighted by Crippen LogP contribution is 2.45. The number of fused-ring (bicyclic) bond motifs is 2. The van der Waals surface area contributed by atoms with Gasteiger partial charge in [0.15, 0.2) is 0 Å². The summed E-state index contributed by atoms with van der Waals surface area (Å²) in [6.07, 6.45) is -1.15. The summed E-state index contributed by atoms with van der Waals surface area (Å²) in [4.78, 5) is 39.1. The van der Waals surface area contributed by atoms with Crippen molar-refractivity contribution in [2.45, 2.75) is 57.3 Å². The molecule has 1 spiro atoms. The summed E-state index contributed by atoms with van der Waals surface area (Å²) in [7, 11) is 1.55. The number of piperidine rings is 1. The van der Waals surface area contributed by atoms with Crippen molar-refractivity contribution in [2.24, 2.45) is 11.8 Å². The Bertz CT molecular complexity index is 1010. The predicted molar refractivity (Wildman–Crippen MR) is 131 cm³/mol. The Labute approximate surface area is 219 Å². The third kappa shape index (κ3) is 6.31. The van der Waals surface area contributed by atoms with Gasteiger partial charge in [0.25, 0.3) is 5.91 Å². The first-order valence-corrected chi connectivity index (χ1v) is 12.7. The molecule has 4 rings (SSSR count). The summed E-state index contributed by atoms with van der Waals surface area (Å²) in [6.45, 7) is 7.60. The third-order valence-electron chi connectivity index (χ3n) is 7.68. The number of hydrogen-bond donors (Lipinski definition) is 2. The number of ether oxygens (including phenoxy) is 1. The molecular formula is C25H33ClF3N3O5. The summed E-state index contributed by atoms with van der Waals surface area (Å²) >= 11 is 6.04. The number of benzene rings is 1. The molecule has 1 aromatic rings. The van der Waals surface area contributed by atoms with Crippen LogP contribution in [0, 0.1) is 11.8 Å². The van der Waals surface area contributed by atoms with Gasteiger partial charge in [-0.3, -0.25) is 14.5 Å². The Morgan fingerprint density at radius 2 is 1.89 bits per heavy atom. The number of nitrogens with zero attached hydrogens (tertiary/aromatic N) is 2. The van der Waals surface area contributed by atoms with E-state index in [0.717, 1.165) is 32.4 Å². The fraction of sp³-hybridized carbons (Fsp3) is 0.640. The lowest BCUT2D eigenvalue weighted by atomic mass is 9.75. The highest BCUT2D eigenvalue weighted by molar-refractivity contribution is 6.30. The van der Waals surface area contributed by atoms with E-state index in [1.807, 2.05) is 4.90 Å². The average Bonchev–Trinajstić information content (AvgIpc) is 3.39. The summed E-state index contributed by atoms with van der Waals surface area (Å²) < 4.78 is 37.1. The van der Waals surface area contributed by atoms with Gasteiger partial charge in [-0.05, 0) is 44.4 Å². The van der Waals surface area contributed by atoms with Gasteiger partial charge in [0.05, 0.1) is 18.6 Å². The molecule has 206 valence electrons. The quantitative estimate of drug-likeness (QED) is 0.581. The molecule has 3 saturated heterocycles. The number of hydrogen-bond acceptors (Lipinski definition) is 5. The number of carboxylic acid groups (broad SMARTS) is 1. The molecular weight excluding hydrogens is 515 g/mol. The lowest BCUT2D eigenvalue weighted by Gasteiger charge is -2.43. The third-order valence-corrected chi connectivity index (χ3v) is 7.91. The average molecular weight is 548 g/mol. The number of methoxy groups -OCH3 is 1. The van der Waals surface area contributed by atoms with Gasteiger partial charge in [-0.25, -0.2) is 4.79 Å². The maximum atomic E-state index is 13.1. The van der Waals surface area contributed by atoms with E-state index in [1.54, 1.807) is 25.3 Å². The fourth-order valence-electron chi connectivity index (χ4n) is 5.67. The molecule has 3 heterocycles. The van der Waals surface area contributed by atoms with Gasteiger partial charge in [-0.15, -0.1) is 0 Å². The lowest BCUT2D eigenvalue weighted by Crippen LogP contribution is -2.56. The minimum Gasteiger partial charge on any atom is -0.496 e. The number of halogens is 4. The van der Waals surface area contributed by atoms with Crippen LogP contribution in [0.4, 0.5) is 13.2 Å². The molecule has 2 N–H and O–H groups in total. The molecule has 1 aromatic carbocycles. The largest absolute Gasteiger partial charge is 0.496 e. The number of rotatable bonds is 5. The summed E-state index contributed by atoms with van der Waals surface area (Å²) in [5, 5.41) is 11.0. The van der Waals surface area contributed by atoms with Crippen LogP contribution in [0.2, 0.25) is 5.02 Å². The highest BCUT2D eigenvalue weighted by Gasteiger charge is 2.57. The van der Waals surface area contributed by atoms with E-state index in [9.17, 15) is 22.8 Å². The van der Waals surface area contributed by atoms with E-state index < -0.39 is 12.1 Å². The molecule has 8 nitrogen and oxygen atoms in total. The van der Waals surface area contributed by atoms with Crippen LogP contribution in [0.25, 0.3) is 0 Å². The molecule has 0 bridgehead atoms. The minimum atomic E-state index is -5.08. The summed E-state index contributed by atoms with van der Waals surface area (Å²) in [5.74, 6) is -1.67.